The van der Waals surface area contributed by atoms with Crippen molar-refractivity contribution in [3.8, 4) is 0 Å². The Hall–Kier alpha value is -0.290. The van der Waals surface area contributed by atoms with Crippen LogP contribution in [0.2, 0.25) is 0 Å². The fourth-order valence-electron chi connectivity index (χ4n) is 5.02. The molecule has 0 radical (unpaired) electrons. The zero-order valence-corrected chi connectivity index (χ0v) is 25.8. The van der Waals surface area contributed by atoms with Crippen molar-refractivity contribution < 1.29 is 13.5 Å². The van der Waals surface area contributed by atoms with E-state index in [2.05, 4.69) is 23.8 Å². The summed E-state index contributed by atoms with van der Waals surface area (Å²) in [6.45, 7) is 4.23. The summed E-state index contributed by atoms with van der Waals surface area (Å²) < 4.78 is 29.8. The number of thioether (sulfide) groups is 4. The van der Waals surface area contributed by atoms with Gasteiger partial charge in [-0.05, 0) is 93.1 Å². The van der Waals surface area contributed by atoms with Crippen LogP contribution < -0.4 is 4.72 Å². The van der Waals surface area contributed by atoms with Crippen molar-refractivity contribution in [2.24, 2.45) is 0 Å². The SMILES string of the molecule is Cc1ccc(S(=O)(=O)N[C@H](Cc2ccccc2)CC2(C[C@H](O)CC3(C)SCCCS3)SCCCS2)cc1. The lowest BCUT2D eigenvalue weighted by atomic mass is 9.98. The lowest BCUT2D eigenvalue weighted by Crippen LogP contribution is -2.43. The zero-order chi connectivity index (χ0) is 26.4. The Labute approximate surface area is 240 Å². The van der Waals surface area contributed by atoms with Crippen LogP contribution in [-0.4, -0.2) is 56.8 Å². The predicted octanol–water partition coefficient (Wildman–Crippen LogP) is 6.57. The molecule has 0 bridgehead atoms. The molecule has 37 heavy (non-hydrogen) atoms. The fourth-order valence-corrected chi connectivity index (χ4v) is 12.9. The summed E-state index contributed by atoms with van der Waals surface area (Å²) in [5, 5.41) is 11.3. The largest absolute Gasteiger partial charge is 0.393 e. The highest BCUT2D eigenvalue weighted by Crippen LogP contribution is 2.51. The summed E-state index contributed by atoms with van der Waals surface area (Å²) in [7, 11) is -3.67. The maximum absolute atomic E-state index is 13.4. The Morgan fingerprint density at radius 1 is 0.865 bits per heavy atom. The van der Waals surface area contributed by atoms with E-state index < -0.39 is 16.1 Å². The van der Waals surface area contributed by atoms with Gasteiger partial charge in [0.05, 0.1) is 19.2 Å². The molecule has 2 atom stereocenters. The van der Waals surface area contributed by atoms with Gasteiger partial charge < -0.3 is 5.11 Å². The third-order valence-electron chi connectivity index (χ3n) is 6.81. The van der Waals surface area contributed by atoms with Gasteiger partial charge in [-0.25, -0.2) is 13.1 Å². The Balaban J connectivity index is 1.55. The third kappa shape index (κ3) is 8.85. The van der Waals surface area contributed by atoms with Gasteiger partial charge in [0.2, 0.25) is 10.0 Å². The highest BCUT2D eigenvalue weighted by Gasteiger charge is 2.41. The van der Waals surface area contributed by atoms with Crippen molar-refractivity contribution in [3.05, 3.63) is 65.7 Å². The molecule has 2 aliphatic rings. The summed E-state index contributed by atoms with van der Waals surface area (Å²) in [6.07, 6.45) is 4.71. The Morgan fingerprint density at radius 3 is 2.08 bits per heavy atom. The summed E-state index contributed by atoms with van der Waals surface area (Å²) in [5.74, 6) is 4.40. The molecule has 204 valence electrons. The van der Waals surface area contributed by atoms with Gasteiger partial charge >= 0.3 is 0 Å². The van der Waals surface area contributed by atoms with Crippen LogP contribution in [0.4, 0.5) is 0 Å². The average molecular weight is 598 g/mol. The highest BCUT2D eigenvalue weighted by atomic mass is 32.2. The number of benzene rings is 2. The molecule has 2 heterocycles. The van der Waals surface area contributed by atoms with Gasteiger partial charge in [0.25, 0.3) is 0 Å². The third-order valence-corrected chi connectivity index (χ3v) is 15.0. The summed E-state index contributed by atoms with van der Waals surface area (Å²) in [4.78, 5) is 0.300. The molecular weight excluding hydrogens is 559 g/mol. The fraction of sp³-hybridized carbons (Fsp3) is 0.571. The van der Waals surface area contributed by atoms with E-state index in [0.29, 0.717) is 24.2 Å². The van der Waals surface area contributed by atoms with Crippen LogP contribution in [-0.2, 0) is 16.4 Å². The second kappa shape index (κ2) is 13.4. The lowest BCUT2D eigenvalue weighted by molar-refractivity contribution is 0.146. The number of aliphatic hydroxyl groups excluding tert-OH is 1. The minimum absolute atomic E-state index is 0.0549. The second-order valence-electron chi connectivity index (χ2n) is 10.2. The molecule has 0 aliphatic carbocycles. The molecule has 0 aromatic heterocycles. The minimum atomic E-state index is -3.67. The van der Waals surface area contributed by atoms with Crippen molar-refractivity contribution in [2.75, 3.05) is 23.0 Å². The highest BCUT2D eigenvalue weighted by molar-refractivity contribution is 8.19. The summed E-state index contributed by atoms with van der Waals surface area (Å²) >= 11 is 7.78. The molecule has 4 rings (SSSR count). The number of aryl methyl sites for hydroxylation is 1. The maximum Gasteiger partial charge on any atom is 0.240 e. The zero-order valence-electron chi connectivity index (χ0n) is 21.7. The van der Waals surface area contributed by atoms with Crippen LogP contribution >= 0.6 is 47.0 Å². The maximum atomic E-state index is 13.4. The quantitative estimate of drug-likeness (QED) is 0.304. The van der Waals surface area contributed by atoms with Gasteiger partial charge in [-0.2, -0.15) is 0 Å². The molecule has 2 N–H and O–H groups in total. The van der Waals surface area contributed by atoms with Crippen molar-refractivity contribution in [2.45, 2.75) is 77.6 Å². The molecule has 2 aliphatic heterocycles. The molecule has 2 saturated heterocycles. The predicted molar refractivity (Wildman–Crippen MR) is 165 cm³/mol. The smallest absolute Gasteiger partial charge is 0.240 e. The van der Waals surface area contributed by atoms with Crippen LogP contribution in [0, 0.1) is 6.92 Å². The van der Waals surface area contributed by atoms with E-state index in [1.807, 2.05) is 84.3 Å². The molecule has 2 aromatic rings. The Morgan fingerprint density at radius 2 is 1.46 bits per heavy atom. The van der Waals surface area contributed by atoms with E-state index in [4.69, 9.17) is 0 Å². The van der Waals surface area contributed by atoms with Gasteiger partial charge in [-0.3, -0.25) is 0 Å². The van der Waals surface area contributed by atoms with Crippen molar-refractivity contribution in [1.82, 2.24) is 4.72 Å². The second-order valence-corrected chi connectivity index (χ2v) is 18.6. The van der Waals surface area contributed by atoms with Crippen molar-refractivity contribution in [1.29, 1.82) is 0 Å². The van der Waals surface area contributed by atoms with E-state index in [9.17, 15) is 13.5 Å². The van der Waals surface area contributed by atoms with Crippen LogP contribution in [0.5, 0.6) is 0 Å². The first kappa shape index (κ1) is 29.7. The number of hydrogen-bond donors (Lipinski definition) is 2. The Kier molecular flexibility index (Phi) is 10.7. The lowest BCUT2D eigenvalue weighted by Gasteiger charge is -2.42. The van der Waals surface area contributed by atoms with Gasteiger partial charge in [0, 0.05) is 6.04 Å². The van der Waals surface area contributed by atoms with Crippen molar-refractivity contribution in [3.63, 3.8) is 0 Å². The normalized spacial score (nSPS) is 21.3. The first-order chi connectivity index (χ1) is 17.7. The summed E-state index contributed by atoms with van der Waals surface area (Å²) in [6, 6.07) is 16.9. The molecule has 9 heteroatoms. The first-order valence-electron chi connectivity index (χ1n) is 13.0. The Bertz CT molecular complexity index is 1080. The molecular formula is C28H39NO3S5. The molecule has 0 amide bonds. The van der Waals surface area contributed by atoms with Crippen LogP contribution in [0.3, 0.4) is 0 Å². The van der Waals surface area contributed by atoms with Crippen LogP contribution in [0.15, 0.2) is 59.5 Å². The van der Waals surface area contributed by atoms with E-state index in [-0.39, 0.29) is 14.2 Å². The minimum Gasteiger partial charge on any atom is -0.393 e. The average Bonchev–Trinajstić information content (AvgIpc) is 2.85. The molecule has 2 fully saturated rings. The number of hydrogen-bond acceptors (Lipinski definition) is 7. The van der Waals surface area contributed by atoms with E-state index >= 15 is 0 Å². The summed E-state index contributed by atoms with van der Waals surface area (Å²) in [5.41, 5.74) is 2.15. The first-order valence-corrected chi connectivity index (χ1v) is 18.5. The number of sulfonamides is 1. The molecule has 0 saturated carbocycles. The molecule has 0 unspecified atom stereocenters. The monoisotopic (exact) mass is 597 g/mol. The number of rotatable bonds is 11. The van der Waals surface area contributed by atoms with Crippen LogP contribution in [0.25, 0.3) is 0 Å². The van der Waals surface area contributed by atoms with Gasteiger partial charge in [0.1, 0.15) is 0 Å². The molecule has 2 aromatic carbocycles. The number of aliphatic hydroxyl groups is 1. The van der Waals surface area contributed by atoms with Gasteiger partial charge in [-0.1, -0.05) is 48.0 Å². The van der Waals surface area contributed by atoms with Crippen molar-refractivity contribution >= 4 is 57.1 Å². The van der Waals surface area contributed by atoms with E-state index in [0.717, 1.165) is 47.0 Å². The standard InChI is InChI=1S/C28H39NO3S5/c1-22-10-12-26(13-11-22)37(31,32)29-24(18-23-8-4-3-5-9-23)19-28(35-16-7-17-36-28)21-25(30)20-27(2)33-14-6-15-34-27/h3-5,8-13,24-25,29-30H,6-7,14-21H2,1-2H3/t24-,25-/m1/s1. The molecule has 4 nitrogen and oxygen atoms in total. The topological polar surface area (TPSA) is 66.4 Å². The van der Waals surface area contributed by atoms with E-state index in [1.165, 1.54) is 6.42 Å². The van der Waals surface area contributed by atoms with Crippen LogP contribution in [0.1, 0.15) is 50.2 Å². The van der Waals surface area contributed by atoms with E-state index in [1.54, 1.807) is 12.1 Å². The molecule has 0 spiro atoms. The van der Waals surface area contributed by atoms with Gasteiger partial charge in [-0.15, -0.1) is 47.0 Å². The number of nitrogens with one attached hydrogen (secondary N) is 1. The van der Waals surface area contributed by atoms with Gasteiger partial charge in [0.15, 0.2) is 0 Å².